The van der Waals surface area contributed by atoms with Gasteiger partial charge in [-0.25, -0.2) is 8.42 Å². The van der Waals surface area contributed by atoms with E-state index < -0.39 is 10.0 Å². The monoisotopic (exact) mass is 273 g/mol. The third-order valence-electron chi connectivity index (χ3n) is 2.62. The molecule has 0 saturated carbocycles. The number of aryl methyl sites for hydroxylation is 1. The second-order valence-corrected chi connectivity index (χ2v) is 6.82. The molecule has 0 aliphatic carbocycles. The zero-order valence-corrected chi connectivity index (χ0v) is 12.1. The molecule has 1 rings (SSSR count). The molecule has 5 nitrogen and oxygen atoms in total. The highest BCUT2D eigenvalue weighted by Crippen LogP contribution is 2.37. The van der Waals surface area contributed by atoms with Crippen molar-refractivity contribution in [3.8, 4) is 5.75 Å². The van der Waals surface area contributed by atoms with Crippen LogP contribution < -0.4 is 9.62 Å². The Hall–Kier alpha value is -1.11. The van der Waals surface area contributed by atoms with Crippen LogP contribution in [0.1, 0.15) is 31.9 Å². The quantitative estimate of drug-likeness (QED) is 0.826. The number of rotatable bonds is 3. The number of benzene rings is 1. The van der Waals surface area contributed by atoms with Crippen molar-refractivity contribution in [2.24, 2.45) is 0 Å². The van der Waals surface area contributed by atoms with Crippen LogP contribution in [0.2, 0.25) is 0 Å². The molecule has 18 heavy (non-hydrogen) atoms. The molecule has 0 saturated heterocycles. The molecule has 0 spiro atoms. The SMILES string of the molecule is COc1c(C(C)(C)C)cc(C)cc1S(=O)(=O)NO. The van der Waals surface area contributed by atoms with Crippen molar-refractivity contribution in [3.05, 3.63) is 23.3 Å². The van der Waals surface area contributed by atoms with Crippen molar-refractivity contribution < 1.29 is 18.4 Å². The first-order valence-corrected chi connectivity index (χ1v) is 6.97. The third-order valence-corrected chi connectivity index (χ3v) is 3.74. The molecular weight excluding hydrogens is 254 g/mol. The lowest BCUT2D eigenvalue weighted by molar-refractivity contribution is 0.242. The molecule has 0 aliphatic rings. The van der Waals surface area contributed by atoms with Crippen molar-refractivity contribution in [1.82, 2.24) is 4.89 Å². The molecule has 0 unspecified atom stereocenters. The highest BCUT2D eigenvalue weighted by Gasteiger charge is 2.27. The van der Waals surface area contributed by atoms with Gasteiger partial charge < -0.3 is 9.94 Å². The minimum absolute atomic E-state index is 0.0579. The maximum absolute atomic E-state index is 11.8. The molecule has 0 atom stereocenters. The van der Waals surface area contributed by atoms with Crippen LogP contribution in [-0.4, -0.2) is 20.7 Å². The Morgan fingerprint density at radius 3 is 2.22 bits per heavy atom. The summed E-state index contributed by atoms with van der Waals surface area (Å²) in [5.41, 5.74) is 1.30. The molecule has 0 aliphatic heterocycles. The molecule has 1 aromatic carbocycles. The normalized spacial score (nSPS) is 12.6. The van der Waals surface area contributed by atoms with Gasteiger partial charge in [-0.05, 0) is 24.0 Å². The topological polar surface area (TPSA) is 75.6 Å². The predicted molar refractivity (Wildman–Crippen MR) is 68.5 cm³/mol. The Bertz CT molecular complexity index is 544. The van der Waals surface area contributed by atoms with Crippen LogP contribution in [-0.2, 0) is 15.4 Å². The summed E-state index contributed by atoms with van der Waals surface area (Å²) < 4.78 is 28.8. The van der Waals surface area contributed by atoms with Gasteiger partial charge in [-0.3, -0.25) is 0 Å². The van der Waals surface area contributed by atoms with Crippen LogP contribution in [0, 0.1) is 6.92 Å². The molecular formula is C12H19NO4S. The maximum Gasteiger partial charge on any atom is 0.265 e. The number of sulfonamides is 1. The van der Waals surface area contributed by atoms with E-state index in [1.807, 2.05) is 26.8 Å². The molecule has 0 radical (unpaired) electrons. The van der Waals surface area contributed by atoms with Crippen LogP contribution in [0.3, 0.4) is 0 Å². The number of hydrogen-bond donors (Lipinski definition) is 2. The van der Waals surface area contributed by atoms with Gasteiger partial charge in [0.2, 0.25) is 0 Å². The average molecular weight is 273 g/mol. The van der Waals surface area contributed by atoms with Crippen molar-refractivity contribution in [2.75, 3.05) is 7.11 Å². The zero-order chi connectivity index (χ0) is 14.1. The van der Waals surface area contributed by atoms with Gasteiger partial charge in [-0.15, -0.1) is 0 Å². The van der Waals surface area contributed by atoms with Gasteiger partial charge in [0.15, 0.2) is 0 Å². The first kappa shape index (κ1) is 14.9. The first-order valence-electron chi connectivity index (χ1n) is 5.48. The van der Waals surface area contributed by atoms with Crippen molar-refractivity contribution in [3.63, 3.8) is 0 Å². The van der Waals surface area contributed by atoms with Crippen LogP contribution in [0.25, 0.3) is 0 Å². The van der Waals surface area contributed by atoms with E-state index in [2.05, 4.69) is 0 Å². The van der Waals surface area contributed by atoms with E-state index in [0.29, 0.717) is 0 Å². The van der Waals surface area contributed by atoms with E-state index in [1.54, 1.807) is 6.92 Å². The van der Waals surface area contributed by atoms with E-state index in [1.165, 1.54) is 18.1 Å². The van der Waals surface area contributed by atoms with Gasteiger partial charge >= 0.3 is 0 Å². The van der Waals surface area contributed by atoms with Crippen LogP contribution in [0.4, 0.5) is 0 Å². The lowest BCUT2D eigenvalue weighted by Crippen LogP contribution is -2.22. The van der Waals surface area contributed by atoms with Gasteiger partial charge in [0, 0.05) is 5.56 Å². The van der Waals surface area contributed by atoms with E-state index in [0.717, 1.165) is 11.1 Å². The number of hydrogen-bond acceptors (Lipinski definition) is 4. The summed E-state index contributed by atoms with van der Waals surface area (Å²) in [6, 6.07) is 3.35. The van der Waals surface area contributed by atoms with Crippen LogP contribution in [0.5, 0.6) is 5.75 Å². The molecule has 0 heterocycles. The highest BCUT2D eigenvalue weighted by atomic mass is 32.2. The zero-order valence-electron chi connectivity index (χ0n) is 11.2. The minimum atomic E-state index is -3.97. The molecule has 0 bridgehead atoms. The molecule has 0 fully saturated rings. The Morgan fingerprint density at radius 1 is 1.28 bits per heavy atom. The fraction of sp³-hybridized carbons (Fsp3) is 0.500. The van der Waals surface area contributed by atoms with E-state index in [9.17, 15) is 8.42 Å². The van der Waals surface area contributed by atoms with Gasteiger partial charge in [-0.1, -0.05) is 31.7 Å². The second-order valence-electron chi connectivity index (χ2n) is 5.19. The maximum atomic E-state index is 11.8. The Morgan fingerprint density at radius 2 is 1.83 bits per heavy atom. The fourth-order valence-electron chi connectivity index (χ4n) is 1.76. The molecule has 1 aromatic rings. The highest BCUT2D eigenvalue weighted by molar-refractivity contribution is 7.89. The molecule has 0 aromatic heterocycles. The van der Waals surface area contributed by atoms with Crippen LogP contribution in [0.15, 0.2) is 17.0 Å². The summed E-state index contributed by atoms with van der Waals surface area (Å²) in [4.78, 5) is 1.27. The van der Waals surface area contributed by atoms with Gasteiger partial charge in [0.05, 0.1) is 7.11 Å². The average Bonchev–Trinajstić information content (AvgIpc) is 2.26. The van der Waals surface area contributed by atoms with E-state index in [4.69, 9.17) is 9.94 Å². The van der Waals surface area contributed by atoms with Gasteiger partial charge in [-0.2, -0.15) is 0 Å². The second kappa shape index (κ2) is 4.87. The Kier molecular flexibility index (Phi) is 4.05. The lowest BCUT2D eigenvalue weighted by atomic mass is 9.85. The van der Waals surface area contributed by atoms with Crippen LogP contribution >= 0.6 is 0 Å². The third kappa shape index (κ3) is 2.82. The van der Waals surface area contributed by atoms with Crippen molar-refractivity contribution in [1.29, 1.82) is 0 Å². The summed E-state index contributed by atoms with van der Waals surface area (Å²) in [5, 5.41) is 8.76. The summed E-state index contributed by atoms with van der Waals surface area (Å²) in [5.74, 6) is 0.259. The van der Waals surface area contributed by atoms with E-state index in [-0.39, 0.29) is 16.1 Å². The number of nitrogens with one attached hydrogen (secondary N) is 1. The summed E-state index contributed by atoms with van der Waals surface area (Å²) in [6.07, 6.45) is 0. The summed E-state index contributed by atoms with van der Waals surface area (Å²) in [7, 11) is -2.55. The molecule has 6 heteroatoms. The first-order chi connectivity index (χ1) is 8.13. The summed E-state index contributed by atoms with van der Waals surface area (Å²) in [6.45, 7) is 7.69. The Labute approximate surface area is 108 Å². The number of methoxy groups -OCH3 is 1. The standard InChI is InChI=1S/C12H19NO4S/c1-8-6-9(12(2,3)4)11(17-5)10(7-8)18(15,16)13-14/h6-7,13-14H,1-5H3. The Balaban J connectivity index is 3.69. The molecule has 2 N–H and O–H groups in total. The lowest BCUT2D eigenvalue weighted by Gasteiger charge is -2.24. The van der Waals surface area contributed by atoms with Gasteiger partial charge in [0.1, 0.15) is 10.6 Å². The smallest absolute Gasteiger partial charge is 0.265 e. The van der Waals surface area contributed by atoms with Gasteiger partial charge in [0.25, 0.3) is 10.0 Å². The van der Waals surface area contributed by atoms with Crippen molar-refractivity contribution in [2.45, 2.75) is 38.0 Å². The largest absolute Gasteiger partial charge is 0.495 e. The predicted octanol–water partition coefficient (Wildman–Crippen LogP) is 1.97. The minimum Gasteiger partial charge on any atom is -0.495 e. The molecule has 0 amide bonds. The summed E-state index contributed by atoms with van der Waals surface area (Å²) >= 11 is 0. The van der Waals surface area contributed by atoms with Crippen molar-refractivity contribution >= 4 is 10.0 Å². The van der Waals surface area contributed by atoms with E-state index >= 15 is 0 Å². The number of ether oxygens (including phenoxy) is 1. The fourth-order valence-corrected chi connectivity index (χ4v) is 2.63. The molecule has 102 valence electrons.